The molecular formula is C29H22N2. The summed E-state index contributed by atoms with van der Waals surface area (Å²) < 4.78 is 0. The van der Waals surface area contributed by atoms with Crippen LogP contribution in [0.3, 0.4) is 0 Å². The van der Waals surface area contributed by atoms with Crippen LogP contribution < -0.4 is 10.4 Å². The number of benzene rings is 6. The number of anilines is 2. The van der Waals surface area contributed by atoms with Gasteiger partial charge >= 0.3 is 0 Å². The summed E-state index contributed by atoms with van der Waals surface area (Å²) in [6, 6.07) is 41.0. The summed E-state index contributed by atoms with van der Waals surface area (Å²) in [6.45, 7) is 0.734. The Morgan fingerprint density at radius 3 is 1.68 bits per heavy atom. The Labute approximate surface area is 181 Å². The van der Waals surface area contributed by atoms with Crippen LogP contribution in [0.5, 0.6) is 0 Å². The van der Waals surface area contributed by atoms with Gasteiger partial charge in [-0.3, -0.25) is 5.01 Å². The van der Waals surface area contributed by atoms with Crippen molar-refractivity contribution in [3.63, 3.8) is 0 Å². The van der Waals surface area contributed by atoms with Crippen LogP contribution in [0.25, 0.3) is 32.3 Å². The molecule has 0 bridgehead atoms. The fourth-order valence-electron chi connectivity index (χ4n) is 4.60. The van der Waals surface area contributed by atoms with Gasteiger partial charge in [-0.1, -0.05) is 91.0 Å². The van der Waals surface area contributed by atoms with Crippen molar-refractivity contribution in [2.45, 2.75) is 6.54 Å². The number of nitrogens with zero attached hydrogens (tertiary/aromatic N) is 1. The van der Waals surface area contributed by atoms with E-state index in [-0.39, 0.29) is 0 Å². The van der Waals surface area contributed by atoms with Crippen molar-refractivity contribution in [2.75, 3.05) is 5.01 Å². The topological polar surface area (TPSA) is 15.3 Å². The van der Waals surface area contributed by atoms with Gasteiger partial charge in [-0.15, -0.1) is 0 Å². The molecule has 0 aliphatic carbocycles. The highest BCUT2D eigenvalue weighted by molar-refractivity contribution is 6.23. The van der Waals surface area contributed by atoms with Crippen molar-refractivity contribution in [3.05, 3.63) is 121 Å². The highest BCUT2D eigenvalue weighted by Crippen LogP contribution is 2.36. The van der Waals surface area contributed by atoms with Crippen molar-refractivity contribution in [1.29, 1.82) is 0 Å². The summed E-state index contributed by atoms with van der Waals surface area (Å²) in [5, 5.41) is 10.1. The van der Waals surface area contributed by atoms with Gasteiger partial charge < -0.3 is 0 Å². The molecule has 0 saturated heterocycles. The fourth-order valence-corrected chi connectivity index (χ4v) is 4.60. The zero-order valence-electron chi connectivity index (χ0n) is 17.1. The quantitative estimate of drug-likeness (QED) is 0.240. The van der Waals surface area contributed by atoms with E-state index in [1.54, 1.807) is 0 Å². The van der Waals surface area contributed by atoms with Gasteiger partial charge in [0.05, 0.1) is 11.4 Å². The van der Waals surface area contributed by atoms with E-state index in [1.807, 2.05) is 12.1 Å². The molecular weight excluding hydrogens is 376 g/mol. The van der Waals surface area contributed by atoms with Crippen molar-refractivity contribution in [3.8, 4) is 0 Å². The maximum absolute atomic E-state index is 3.68. The minimum Gasteiger partial charge on any atom is -0.277 e. The molecule has 0 unspecified atom stereocenters. The lowest BCUT2D eigenvalue weighted by atomic mass is 9.92. The summed E-state index contributed by atoms with van der Waals surface area (Å²) in [6.07, 6.45) is 0. The molecule has 1 N–H and O–H groups in total. The molecule has 31 heavy (non-hydrogen) atoms. The van der Waals surface area contributed by atoms with E-state index < -0.39 is 0 Å². The summed E-state index contributed by atoms with van der Waals surface area (Å²) >= 11 is 0. The van der Waals surface area contributed by atoms with Crippen LogP contribution in [-0.4, -0.2) is 0 Å². The van der Waals surface area contributed by atoms with Gasteiger partial charge in [0.15, 0.2) is 0 Å². The highest BCUT2D eigenvalue weighted by atomic mass is 15.5. The highest BCUT2D eigenvalue weighted by Gasteiger charge is 2.13. The first-order chi connectivity index (χ1) is 15.4. The Morgan fingerprint density at radius 1 is 0.484 bits per heavy atom. The van der Waals surface area contributed by atoms with Gasteiger partial charge in [-0.05, 0) is 62.1 Å². The van der Waals surface area contributed by atoms with E-state index in [4.69, 9.17) is 0 Å². The largest absolute Gasteiger partial charge is 0.277 e. The molecule has 148 valence electrons. The minimum absolute atomic E-state index is 0.734. The molecule has 2 heteroatoms. The zero-order valence-corrected chi connectivity index (χ0v) is 17.1. The molecule has 0 aliphatic rings. The lowest BCUT2D eigenvalue weighted by Crippen LogP contribution is -2.33. The standard InChI is InChI=1S/C29H22N2/c1-3-10-25(11-4-1)31(26-12-5-2-6-13-26)30-20-24-17-16-23-15-14-21-8-7-9-22-18-19-27(24)29(23)28(21)22/h1-19,30H,20H2. The van der Waals surface area contributed by atoms with Gasteiger partial charge in [-0.2, -0.15) is 0 Å². The number of hydrogen-bond donors (Lipinski definition) is 1. The molecule has 0 atom stereocenters. The first-order valence-electron chi connectivity index (χ1n) is 10.7. The molecule has 6 aromatic rings. The van der Waals surface area contributed by atoms with Crippen molar-refractivity contribution in [2.24, 2.45) is 0 Å². The van der Waals surface area contributed by atoms with Crippen molar-refractivity contribution >= 4 is 43.7 Å². The SMILES string of the molecule is c1ccc(N(NCc2ccc3ccc4cccc5ccc2c3c45)c2ccccc2)cc1. The molecule has 0 saturated carbocycles. The molecule has 0 amide bonds. The third kappa shape index (κ3) is 3.09. The van der Waals surface area contributed by atoms with E-state index in [0.717, 1.165) is 17.9 Å². The van der Waals surface area contributed by atoms with E-state index in [0.29, 0.717) is 0 Å². The number of rotatable bonds is 5. The van der Waals surface area contributed by atoms with E-state index in [1.165, 1.54) is 37.9 Å². The van der Waals surface area contributed by atoms with Gasteiger partial charge in [0.1, 0.15) is 0 Å². The molecule has 6 rings (SSSR count). The van der Waals surface area contributed by atoms with Crippen LogP contribution in [0.4, 0.5) is 11.4 Å². The first-order valence-corrected chi connectivity index (χ1v) is 10.7. The van der Waals surface area contributed by atoms with E-state index >= 15 is 0 Å². The fraction of sp³-hybridized carbons (Fsp3) is 0.0345. The first kappa shape index (κ1) is 17.9. The second kappa shape index (κ2) is 7.42. The smallest absolute Gasteiger partial charge is 0.0577 e. The van der Waals surface area contributed by atoms with Gasteiger partial charge in [0.2, 0.25) is 0 Å². The van der Waals surface area contributed by atoms with Crippen LogP contribution in [0, 0.1) is 0 Å². The monoisotopic (exact) mass is 398 g/mol. The third-order valence-electron chi connectivity index (χ3n) is 6.08. The molecule has 2 nitrogen and oxygen atoms in total. The lowest BCUT2D eigenvalue weighted by molar-refractivity contribution is 0.711. The van der Waals surface area contributed by atoms with Gasteiger partial charge in [0.25, 0.3) is 0 Å². The average molecular weight is 399 g/mol. The maximum atomic E-state index is 3.68. The number of hydrogen-bond acceptors (Lipinski definition) is 2. The number of para-hydroxylation sites is 2. The van der Waals surface area contributed by atoms with Crippen LogP contribution in [0.2, 0.25) is 0 Å². The lowest BCUT2D eigenvalue weighted by Gasteiger charge is -2.26. The van der Waals surface area contributed by atoms with Crippen LogP contribution in [0.15, 0.2) is 115 Å². The van der Waals surface area contributed by atoms with Crippen LogP contribution >= 0.6 is 0 Å². The Kier molecular flexibility index (Phi) is 4.29. The molecule has 0 fully saturated rings. The Bertz CT molecular complexity index is 1420. The van der Waals surface area contributed by atoms with Crippen molar-refractivity contribution in [1.82, 2.24) is 5.43 Å². The molecule has 0 aliphatic heterocycles. The normalized spacial score (nSPS) is 11.5. The molecule has 0 radical (unpaired) electrons. The Hall–Kier alpha value is -3.88. The second-order valence-electron chi connectivity index (χ2n) is 7.92. The Morgan fingerprint density at radius 2 is 1.03 bits per heavy atom. The maximum Gasteiger partial charge on any atom is 0.0577 e. The van der Waals surface area contributed by atoms with Gasteiger partial charge in [0, 0.05) is 6.54 Å². The van der Waals surface area contributed by atoms with Crippen molar-refractivity contribution < 1.29 is 0 Å². The summed E-state index contributed by atoms with van der Waals surface area (Å²) in [7, 11) is 0. The predicted octanol–water partition coefficient (Wildman–Crippen LogP) is 7.43. The van der Waals surface area contributed by atoms with Crippen LogP contribution in [-0.2, 0) is 6.54 Å². The van der Waals surface area contributed by atoms with E-state index in [2.05, 4.69) is 114 Å². The van der Waals surface area contributed by atoms with Gasteiger partial charge in [-0.25, -0.2) is 5.43 Å². The average Bonchev–Trinajstić information content (AvgIpc) is 2.84. The molecule has 0 aromatic heterocycles. The molecule has 0 spiro atoms. The van der Waals surface area contributed by atoms with Crippen LogP contribution in [0.1, 0.15) is 5.56 Å². The molecule has 0 heterocycles. The summed E-state index contributed by atoms with van der Waals surface area (Å²) in [5.74, 6) is 0. The third-order valence-corrected chi connectivity index (χ3v) is 6.08. The Balaban J connectivity index is 1.43. The number of hydrazine groups is 1. The number of nitrogens with one attached hydrogen (secondary N) is 1. The minimum atomic E-state index is 0.734. The second-order valence-corrected chi connectivity index (χ2v) is 7.92. The van der Waals surface area contributed by atoms with E-state index in [9.17, 15) is 0 Å². The zero-order chi connectivity index (χ0) is 20.6. The summed E-state index contributed by atoms with van der Waals surface area (Å²) in [5.41, 5.74) is 7.20. The summed E-state index contributed by atoms with van der Waals surface area (Å²) in [4.78, 5) is 0. The predicted molar refractivity (Wildman–Crippen MR) is 132 cm³/mol. The molecule has 6 aromatic carbocycles.